The van der Waals surface area contributed by atoms with Gasteiger partial charge < -0.3 is 10.6 Å². The smallest absolute Gasteiger partial charge is 0.126 e. The molecule has 106 valence electrons. The number of hydrogen-bond donors (Lipinski definition) is 2. The Hall–Kier alpha value is -0.450. The first-order valence-corrected chi connectivity index (χ1v) is 7.93. The van der Waals surface area contributed by atoms with Gasteiger partial charge in [0.2, 0.25) is 0 Å². The Morgan fingerprint density at radius 1 is 1.32 bits per heavy atom. The Labute approximate surface area is 123 Å². The fourth-order valence-corrected chi connectivity index (χ4v) is 2.94. The number of halogens is 2. The van der Waals surface area contributed by atoms with Gasteiger partial charge in [0, 0.05) is 10.5 Å². The summed E-state index contributed by atoms with van der Waals surface area (Å²) in [5.74, 6) is -0.112. The average molecular weight is 329 g/mol. The second kappa shape index (κ2) is 7.98. The summed E-state index contributed by atoms with van der Waals surface area (Å²) < 4.78 is 14.5. The SMILES string of the molecule is Fc1ccc(Br)cc1CCNCCC1CCCCN1. The van der Waals surface area contributed by atoms with Crippen LogP contribution in [-0.4, -0.2) is 25.7 Å². The number of piperidine rings is 1. The van der Waals surface area contributed by atoms with Crippen molar-refractivity contribution in [3.63, 3.8) is 0 Å². The van der Waals surface area contributed by atoms with Crippen LogP contribution in [0.15, 0.2) is 22.7 Å². The van der Waals surface area contributed by atoms with Crippen molar-refractivity contribution in [2.45, 2.75) is 38.1 Å². The van der Waals surface area contributed by atoms with Crippen molar-refractivity contribution < 1.29 is 4.39 Å². The van der Waals surface area contributed by atoms with Crippen LogP contribution in [0.5, 0.6) is 0 Å². The summed E-state index contributed by atoms with van der Waals surface area (Å²) in [7, 11) is 0. The second-order valence-corrected chi connectivity index (χ2v) is 6.09. The van der Waals surface area contributed by atoms with Crippen LogP contribution in [0, 0.1) is 5.82 Å². The van der Waals surface area contributed by atoms with Crippen molar-refractivity contribution in [3.8, 4) is 0 Å². The van der Waals surface area contributed by atoms with Gasteiger partial charge in [-0.3, -0.25) is 0 Å². The van der Waals surface area contributed by atoms with Crippen LogP contribution in [0.2, 0.25) is 0 Å². The molecule has 1 atom stereocenters. The van der Waals surface area contributed by atoms with Crippen LogP contribution in [0.3, 0.4) is 0 Å². The molecule has 2 nitrogen and oxygen atoms in total. The van der Waals surface area contributed by atoms with E-state index in [9.17, 15) is 4.39 Å². The third-order valence-corrected chi connectivity index (χ3v) is 4.15. The van der Waals surface area contributed by atoms with Crippen LogP contribution >= 0.6 is 15.9 Å². The summed E-state index contributed by atoms with van der Waals surface area (Å²) in [6.45, 7) is 3.00. The number of benzene rings is 1. The van der Waals surface area contributed by atoms with E-state index < -0.39 is 0 Å². The molecule has 1 heterocycles. The quantitative estimate of drug-likeness (QED) is 0.783. The summed E-state index contributed by atoms with van der Waals surface area (Å²) in [5, 5.41) is 6.94. The lowest BCUT2D eigenvalue weighted by atomic mass is 10.0. The van der Waals surface area contributed by atoms with Gasteiger partial charge >= 0.3 is 0 Å². The normalized spacial score (nSPS) is 19.6. The third-order valence-electron chi connectivity index (χ3n) is 3.66. The van der Waals surface area contributed by atoms with E-state index in [-0.39, 0.29) is 5.82 Å². The largest absolute Gasteiger partial charge is 0.316 e. The monoisotopic (exact) mass is 328 g/mol. The lowest BCUT2D eigenvalue weighted by molar-refractivity contribution is 0.376. The molecule has 1 unspecified atom stereocenters. The van der Waals surface area contributed by atoms with Crippen LogP contribution in [0.25, 0.3) is 0 Å². The molecule has 0 radical (unpaired) electrons. The molecule has 0 saturated carbocycles. The van der Waals surface area contributed by atoms with Gasteiger partial charge in [0.25, 0.3) is 0 Å². The highest BCUT2D eigenvalue weighted by atomic mass is 79.9. The molecule has 0 amide bonds. The summed E-state index contributed by atoms with van der Waals surface area (Å²) in [6, 6.07) is 5.79. The molecular weight excluding hydrogens is 307 g/mol. The molecule has 1 aromatic rings. The van der Waals surface area contributed by atoms with Crippen molar-refractivity contribution in [2.75, 3.05) is 19.6 Å². The summed E-state index contributed by atoms with van der Waals surface area (Å²) >= 11 is 3.38. The van der Waals surface area contributed by atoms with Gasteiger partial charge in [-0.1, -0.05) is 22.4 Å². The van der Waals surface area contributed by atoms with E-state index in [0.29, 0.717) is 6.04 Å². The number of rotatable bonds is 6. The van der Waals surface area contributed by atoms with Gasteiger partial charge in [0.05, 0.1) is 0 Å². The Morgan fingerprint density at radius 3 is 3.00 bits per heavy atom. The average Bonchev–Trinajstić information content (AvgIpc) is 2.43. The van der Waals surface area contributed by atoms with Crippen molar-refractivity contribution >= 4 is 15.9 Å². The van der Waals surface area contributed by atoms with E-state index in [4.69, 9.17) is 0 Å². The van der Waals surface area contributed by atoms with E-state index in [1.54, 1.807) is 6.07 Å². The molecule has 0 aromatic heterocycles. The molecule has 1 saturated heterocycles. The predicted octanol–water partition coefficient (Wildman–Crippen LogP) is 3.25. The second-order valence-electron chi connectivity index (χ2n) is 5.17. The van der Waals surface area contributed by atoms with Crippen molar-refractivity contribution in [2.24, 2.45) is 0 Å². The van der Waals surface area contributed by atoms with Gasteiger partial charge in [-0.05, 0) is 69.1 Å². The minimum absolute atomic E-state index is 0.112. The van der Waals surface area contributed by atoms with E-state index in [2.05, 4.69) is 26.6 Å². The highest BCUT2D eigenvalue weighted by Crippen LogP contribution is 2.15. The zero-order valence-electron chi connectivity index (χ0n) is 11.2. The van der Waals surface area contributed by atoms with E-state index in [1.165, 1.54) is 31.7 Å². The standard InChI is InChI=1S/C15H22BrFN2/c16-13-4-5-15(17)12(11-13)6-9-18-10-7-14-3-1-2-8-19-14/h4-5,11,14,18-19H,1-3,6-10H2. The minimum Gasteiger partial charge on any atom is -0.316 e. The summed E-state index contributed by atoms with van der Waals surface area (Å²) in [4.78, 5) is 0. The van der Waals surface area contributed by atoms with Crippen LogP contribution in [-0.2, 0) is 6.42 Å². The van der Waals surface area contributed by atoms with Gasteiger partial charge in [-0.15, -0.1) is 0 Å². The maximum atomic E-state index is 13.5. The first-order chi connectivity index (χ1) is 9.25. The lowest BCUT2D eigenvalue weighted by Crippen LogP contribution is -2.36. The molecule has 0 spiro atoms. The van der Waals surface area contributed by atoms with Crippen LogP contribution < -0.4 is 10.6 Å². The Balaban J connectivity index is 1.62. The molecule has 1 aliphatic rings. The van der Waals surface area contributed by atoms with E-state index >= 15 is 0 Å². The van der Waals surface area contributed by atoms with Crippen LogP contribution in [0.1, 0.15) is 31.2 Å². The van der Waals surface area contributed by atoms with Gasteiger partial charge in [0.15, 0.2) is 0 Å². The fourth-order valence-electron chi connectivity index (χ4n) is 2.53. The molecule has 1 aliphatic heterocycles. The van der Waals surface area contributed by atoms with Gasteiger partial charge in [-0.25, -0.2) is 4.39 Å². The van der Waals surface area contributed by atoms with Crippen molar-refractivity contribution in [1.29, 1.82) is 0 Å². The zero-order valence-corrected chi connectivity index (χ0v) is 12.8. The maximum Gasteiger partial charge on any atom is 0.126 e. The molecule has 2 rings (SSSR count). The molecule has 4 heteroatoms. The lowest BCUT2D eigenvalue weighted by Gasteiger charge is -2.23. The number of nitrogens with one attached hydrogen (secondary N) is 2. The third kappa shape index (κ3) is 5.21. The number of hydrogen-bond acceptors (Lipinski definition) is 2. The first kappa shape index (κ1) is 14.9. The van der Waals surface area contributed by atoms with Crippen molar-refractivity contribution in [1.82, 2.24) is 10.6 Å². The van der Waals surface area contributed by atoms with Crippen LogP contribution in [0.4, 0.5) is 4.39 Å². The Morgan fingerprint density at radius 2 is 2.21 bits per heavy atom. The maximum absolute atomic E-state index is 13.5. The summed E-state index contributed by atoms with van der Waals surface area (Å²) in [5.41, 5.74) is 0.776. The first-order valence-electron chi connectivity index (χ1n) is 7.14. The van der Waals surface area contributed by atoms with Crippen molar-refractivity contribution in [3.05, 3.63) is 34.1 Å². The van der Waals surface area contributed by atoms with Gasteiger partial charge in [0.1, 0.15) is 5.82 Å². The molecule has 0 aliphatic carbocycles. The Kier molecular flexibility index (Phi) is 6.28. The molecule has 0 bridgehead atoms. The minimum atomic E-state index is -0.112. The molecule has 1 aromatic carbocycles. The molecular formula is C15H22BrFN2. The Bertz CT molecular complexity index is 392. The highest BCUT2D eigenvalue weighted by molar-refractivity contribution is 9.10. The van der Waals surface area contributed by atoms with Gasteiger partial charge in [-0.2, -0.15) is 0 Å². The fraction of sp³-hybridized carbons (Fsp3) is 0.600. The molecule has 1 fully saturated rings. The molecule has 2 N–H and O–H groups in total. The van der Waals surface area contributed by atoms with E-state index in [0.717, 1.165) is 36.1 Å². The zero-order chi connectivity index (χ0) is 13.5. The molecule has 19 heavy (non-hydrogen) atoms. The summed E-state index contributed by atoms with van der Waals surface area (Å²) in [6.07, 6.45) is 5.86. The van der Waals surface area contributed by atoms with E-state index in [1.807, 2.05) is 6.07 Å². The predicted molar refractivity (Wildman–Crippen MR) is 80.9 cm³/mol. The highest BCUT2D eigenvalue weighted by Gasteiger charge is 2.11. The topological polar surface area (TPSA) is 24.1 Å².